The molecule has 7 heteroatoms. The highest BCUT2D eigenvalue weighted by Gasteiger charge is 2.32. The highest BCUT2D eigenvalue weighted by Crippen LogP contribution is 2.33. The summed E-state index contributed by atoms with van der Waals surface area (Å²) in [5.74, 6) is 0.602. The second-order valence-electron chi connectivity index (χ2n) is 6.73. The Hall–Kier alpha value is -2.38. The molecule has 4 rings (SSSR count). The van der Waals surface area contributed by atoms with Gasteiger partial charge in [0.15, 0.2) is 0 Å². The van der Waals surface area contributed by atoms with Crippen molar-refractivity contribution in [2.24, 2.45) is 0 Å². The van der Waals surface area contributed by atoms with Gasteiger partial charge in [0.2, 0.25) is 5.91 Å². The summed E-state index contributed by atoms with van der Waals surface area (Å²) in [6.07, 6.45) is 6.24. The number of carbonyl (C=O) groups excluding carboxylic acids is 2. The lowest BCUT2D eigenvalue weighted by Crippen LogP contribution is -2.36. The van der Waals surface area contributed by atoms with Crippen LogP contribution in [0, 0.1) is 0 Å². The van der Waals surface area contributed by atoms with E-state index in [2.05, 4.69) is 6.07 Å². The van der Waals surface area contributed by atoms with E-state index in [-0.39, 0.29) is 11.8 Å². The van der Waals surface area contributed by atoms with Gasteiger partial charge in [0.25, 0.3) is 5.91 Å². The summed E-state index contributed by atoms with van der Waals surface area (Å²) in [6, 6.07) is 11.6. The van der Waals surface area contributed by atoms with E-state index in [1.54, 1.807) is 29.4 Å². The fourth-order valence-electron chi connectivity index (χ4n) is 3.51. The Labute approximate surface area is 173 Å². The molecular weight excluding hydrogens is 392 g/mol. The molecule has 2 aromatic rings. The lowest BCUT2D eigenvalue weighted by atomic mass is 10.0. The molecule has 1 aromatic carbocycles. The maximum absolute atomic E-state index is 12.7. The average molecular weight is 413 g/mol. The fraction of sp³-hybridized carbons (Fsp3) is 0.286. The number of carbonyl (C=O) groups is 2. The van der Waals surface area contributed by atoms with Gasteiger partial charge < -0.3 is 9.32 Å². The van der Waals surface area contributed by atoms with Crippen LogP contribution in [-0.2, 0) is 16.0 Å². The predicted molar refractivity (Wildman–Crippen MR) is 115 cm³/mol. The van der Waals surface area contributed by atoms with Gasteiger partial charge in [-0.1, -0.05) is 42.2 Å². The van der Waals surface area contributed by atoms with Crippen LogP contribution in [0.4, 0.5) is 5.69 Å². The van der Waals surface area contributed by atoms with Crippen molar-refractivity contribution in [3.8, 4) is 0 Å². The molecule has 2 aliphatic heterocycles. The Morgan fingerprint density at radius 1 is 1.25 bits per heavy atom. The number of anilines is 1. The molecule has 5 nitrogen and oxygen atoms in total. The number of benzene rings is 1. The van der Waals surface area contributed by atoms with Gasteiger partial charge in [0.05, 0.1) is 11.2 Å². The number of hydrogen-bond acceptors (Lipinski definition) is 5. The van der Waals surface area contributed by atoms with Crippen LogP contribution in [0.2, 0.25) is 0 Å². The zero-order valence-corrected chi connectivity index (χ0v) is 16.9. The molecule has 0 spiro atoms. The quantitative estimate of drug-likeness (QED) is 0.543. The lowest BCUT2D eigenvalue weighted by molar-refractivity contribution is -0.123. The smallest absolute Gasteiger partial charge is 0.266 e. The molecule has 1 fully saturated rings. The highest BCUT2D eigenvalue weighted by molar-refractivity contribution is 8.26. The van der Waals surface area contributed by atoms with Crippen LogP contribution in [0.1, 0.15) is 30.6 Å². The van der Waals surface area contributed by atoms with Gasteiger partial charge in [-0.15, -0.1) is 0 Å². The second kappa shape index (κ2) is 8.32. The van der Waals surface area contributed by atoms with Gasteiger partial charge in [-0.25, -0.2) is 0 Å². The number of thiocarbonyl (C=S) groups is 1. The van der Waals surface area contributed by atoms with Gasteiger partial charge in [-0.2, -0.15) is 0 Å². The summed E-state index contributed by atoms with van der Waals surface area (Å²) in [5, 5.41) is 0. The van der Waals surface area contributed by atoms with Crippen molar-refractivity contribution in [3.05, 3.63) is 58.9 Å². The Morgan fingerprint density at radius 3 is 2.93 bits per heavy atom. The molecule has 1 aromatic heterocycles. The SMILES string of the molecule is O=C1C(=Cc2ccco2)SC(=S)N1CCCC(=O)N1CCCc2ccccc21. The van der Waals surface area contributed by atoms with Crippen molar-refractivity contribution in [3.63, 3.8) is 0 Å². The Bertz CT molecular complexity index is 937. The molecule has 28 heavy (non-hydrogen) atoms. The van der Waals surface area contributed by atoms with Crippen LogP contribution in [0.15, 0.2) is 52.0 Å². The van der Waals surface area contributed by atoms with E-state index in [1.165, 1.54) is 17.3 Å². The topological polar surface area (TPSA) is 53.8 Å². The van der Waals surface area contributed by atoms with Crippen molar-refractivity contribution < 1.29 is 14.0 Å². The van der Waals surface area contributed by atoms with E-state index in [4.69, 9.17) is 16.6 Å². The van der Waals surface area contributed by atoms with Crippen molar-refractivity contribution >= 4 is 51.9 Å². The Kier molecular flexibility index (Phi) is 5.64. The number of fused-ring (bicyclic) bond motifs is 1. The van der Waals surface area contributed by atoms with Gasteiger partial charge in [0.1, 0.15) is 10.1 Å². The van der Waals surface area contributed by atoms with Crippen LogP contribution < -0.4 is 4.90 Å². The number of para-hydroxylation sites is 1. The normalized spacial score (nSPS) is 18.1. The first-order valence-electron chi connectivity index (χ1n) is 9.30. The summed E-state index contributed by atoms with van der Waals surface area (Å²) < 4.78 is 5.80. The van der Waals surface area contributed by atoms with Crippen molar-refractivity contribution in [2.75, 3.05) is 18.0 Å². The van der Waals surface area contributed by atoms with Gasteiger partial charge in [-0.05, 0) is 43.0 Å². The number of thioether (sulfide) groups is 1. The zero-order valence-electron chi connectivity index (χ0n) is 15.3. The molecule has 144 valence electrons. The van der Waals surface area contributed by atoms with Crippen molar-refractivity contribution in [2.45, 2.75) is 25.7 Å². The number of furan rings is 1. The van der Waals surface area contributed by atoms with E-state index < -0.39 is 0 Å². The molecule has 3 heterocycles. The van der Waals surface area contributed by atoms with E-state index in [9.17, 15) is 9.59 Å². The molecule has 2 aliphatic rings. The van der Waals surface area contributed by atoms with Crippen LogP contribution >= 0.6 is 24.0 Å². The number of aryl methyl sites for hydroxylation is 1. The van der Waals surface area contributed by atoms with E-state index in [1.807, 2.05) is 23.1 Å². The second-order valence-corrected chi connectivity index (χ2v) is 8.41. The highest BCUT2D eigenvalue weighted by atomic mass is 32.2. The van der Waals surface area contributed by atoms with Crippen LogP contribution in [0.25, 0.3) is 6.08 Å². The zero-order chi connectivity index (χ0) is 19.5. The molecule has 0 saturated carbocycles. The Morgan fingerprint density at radius 2 is 2.11 bits per heavy atom. The van der Waals surface area contributed by atoms with Crippen LogP contribution in [-0.4, -0.2) is 34.1 Å². The largest absolute Gasteiger partial charge is 0.465 e. The number of hydrogen-bond donors (Lipinski definition) is 0. The number of amides is 2. The lowest BCUT2D eigenvalue weighted by Gasteiger charge is -2.29. The first-order chi connectivity index (χ1) is 13.6. The molecule has 0 N–H and O–H groups in total. The minimum Gasteiger partial charge on any atom is -0.465 e. The van der Waals surface area contributed by atoms with E-state index >= 15 is 0 Å². The summed E-state index contributed by atoms with van der Waals surface area (Å²) in [5.41, 5.74) is 2.24. The monoisotopic (exact) mass is 412 g/mol. The molecule has 0 radical (unpaired) electrons. The summed E-state index contributed by atoms with van der Waals surface area (Å²) >= 11 is 6.62. The predicted octanol–water partition coefficient (Wildman–Crippen LogP) is 4.24. The maximum atomic E-state index is 12.7. The van der Waals surface area contributed by atoms with Gasteiger partial charge >= 0.3 is 0 Å². The van der Waals surface area contributed by atoms with E-state index in [0.717, 1.165) is 25.1 Å². The standard InChI is InChI=1S/C21H20N2O3S2/c24-19(22-11-3-7-15-6-1-2-9-17(15)22)10-4-12-23-20(25)18(28-21(23)27)14-16-8-5-13-26-16/h1-2,5-6,8-9,13-14H,3-4,7,10-12H2. The Balaban J connectivity index is 1.35. The van der Waals surface area contributed by atoms with Gasteiger partial charge in [0, 0.05) is 31.3 Å². The third kappa shape index (κ3) is 3.91. The maximum Gasteiger partial charge on any atom is 0.266 e. The van der Waals surface area contributed by atoms with Crippen LogP contribution in [0.3, 0.4) is 0 Å². The van der Waals surface area contributed by atoms with Crippen molar-refractivity contribution in [1.82, 2.24) is 4.90 Å². The first-order valence-corrected chi connectivity index (χ1v) is 10.5. The first kappa shape index (κ1) is 19.0. The van der Waals surface area contributed by atoms with Crippen molar-refractivity contribution in [1.29, 1.82) is 0 Å². The van der Waals surface area contributed by atoms with E-state index in [0.29, 0.717) is 34.4 Å². The molecule has 0 aliphatic carbocycles. The van der Waals surface area contributed by atoms with Crippen LogP contribution in [0.5, 0.6) is 0 Å². The number of nitrogens with zero attached hydrogens (tertiary/aromatic N) is 2. The third-order valence-corrected chi connectivity index (χ3v) is 6.25. The molecule has 2 amide bonds. The molecule has 0 bridgehead atoms. The third-order valence-electron chi connectivity index (χ3n) is 4.87. The molecule has 0 unspecified atom stereocenters. The minimum atomic E-state index is -0.123. The fourth-order valence-corrected chi connectivity index (χ4v) is 4.80. The molecule has 1 saturated heterocycles. The summed E-state index contributed by atoms with van der Waals surface area (Å²) in [4.78, 5) is 29.3. The average Bonchev–Trinajstić information content (AvgIpc) is 3.31. The summed E-state index contributed by atoms with van der Waals surface area (Å²) in [7, 11) is 0. The summed E-state index contributed by atoms with van der Waals surface area (Å²) in [6.45, 7) is 1.20. The minimum absolute atomic E-state index is 0.101. The number of rotatable bonds is 5. The van der Waals surface area contributed by atoms with Gasteiger partial charge in [-0.3, -0.25) is 14.5 Å². The molecule has 0 atom stereocenters. The molecular formula is C21H20N2O3S2.